The number of hydrogen-bond acceptors (Lipinski definition) is 6. The van der Waals surface area contributed by atoms with Crippen LogP contribution in [0.5, 0.6) is 0 Å². The highest BCUT2D eigenvalue weighted by atomic mass is 31.2. The molecule has 5 aromatic carbocycles. The molecule has 0 aliphatic rings. The van der Waals surface area contributed by atoms with Crippen molar-refractivity contribution in [2.24, 2.45) is 5.92 Å². The van der Waals surface area contributed by atoms with E-state index in [1.165, 1.54) is 18.2 Å². The zero-order valence-electron chi connectivity index (χ0n) is 31.9. The molecular weight excluding hydrogens is 784 g/mol. The van der Waals surface area contributed by atoms with Gasteiger partial charge in [0.25, 0.3) is 0 Å². The van der Waals surface area contributed by atoms with Gasteiger partial charge >= 0.3 is 20.9 Å². The van der Waals surface area contributed by atoms with Gasteiger partial charge in [-0.1, -0.05) is 116 Å². The molecule has 0 saturated heterocycles. The van der Waals surface area contributed by atoms with Gasteiger partial charge < -0.3 is 24.3 Å². The molecular formula is C43H42F2N4O7P2. The van der Waals surface area contributed by atoms with Gasteiger partial charge in [-0.25, -0.2) is 9.67 Å². The number of halogens is 2. The Balaban J connectivity index is 1.31. The molecule has 15 heteroatoms. The van der Waals surface area contributed by atoms with Crippen molar-refractivity contribution in [3.05, 3.63) is 155 Å². The first-order chi connectivity index (χ1) is 27.5. The third-order valence-corrected chi connectivity index (χ3v) is 12.4. The smallest absolute Gasteiger partial charge is 0.375 e. The number of ether oxygens (including phenoxy) is 1. The van der Waals surface area contributed by atoms with Gasteiger partial charge in [-0.15, -0.1) is 5.10 Å². The lowest BCUT2D eigenvalue weighted by Crippen LogP contribution is -2.40. The van der Waals surface area contributed by atoms with Crippen molar-refractivity contribution in [2.45, 2.75) is 50.4 Å². The molecule has 7 aromatic rings. The highest BCUT2D eigenvalue weighted by Gasteiger charge is 2.50. The molecule has 0 aliphatic heterocycles. The van der Waals surface area contributed by atoms with Crippen LogP contribution in [0.25, 0.3) is 33.1 Å². The first-order valence-electron chi connectivity index (χ1n) is 18.5. The number of para-hydroxylation sites is 1. The lowest BCUT2D eigenvalue weighted by molar-refractivity contribution is 0.0564. The van der Waals surface area contributed by atoms with E-state index in [9.17, 15) is 37.5 Å². The fourth-order valence-corrected chi connectivity index (χ4v) is 8.77. The maximum Gasteiger partial charge on any atom is 0.399 e. The van der Waals surface area contributed by atoms with Crippen molar-refractivity contribution in [1.29, 1.82) is 0 Å². The Kier molecular flexibility index (Phi) is 11.4. The number of nitrogens with zero attached hydrogens (tertiary/aromatic N) is 4. The van der Waals surface area contributed by atoms with Crippen LogP contribution in [0, 0.1) is 5.92 Å². The number of fused-ring (bicyclic) bond motifs is 2. The monoisotopic (exact) mass is 826 g/mol. The zero-order valence-corrected chi connectivity index (χ0v) is 33.6. The van der Waals surface area contributed by atoms with Gasteiger partial charge in [0, 0.05) is 30.9 Å². The number of alkyl halides is 2. The molecule has 0 bridgehead atoms. The maximum absolute atomic E-state index is 14.7. The van der Waals surface area contributed by atoms with Gasteiger partial charge in [-0.2, -0.15) is 8.78 Å². The van der Waals surface area contributed by atoms with E-state index in [1.807, 2.05) is 95.7 Å². The summed E-state index contributed by atoms with van der Waals surface area (Å²) in [6.07, 6.45) is 0.908. The first kappa shape index (κ1) is 41.2. The molecule has 0 saturated carbocycles. The van der Waals surface area contributed by atoms with Crippen molar-refractivity contribution >= 4 is 42.4 Å². The van der Waals surface area contributed by atoms with Gasteiger partial charge in [0.15, 0.2) is 0 Å². The lowest BCUT2D eigenvalue weighted by atomic mass is 9.78. The first-order valence-corrected chi connectivity index (χ1v) is 21.7. The van der Waals surface area contributed by atoms with Crippen molar-refractivity contribution < 1.29 is 42.2 Å². The fraction of sp³-hybridized carbons (Fsp3) is 0.233. The Labute approximate surface area is 333 Å². The Morgan fingerprint density at radius 1 is 0.741 bits per heavy atom. The van der Waals surface area contributed by atoms with Gasteiger partial charge in [0.2, 0.25) is 0 Å². The van der Waals surface area contributed by atoms with Crippen LogP contribution in [0.4, 0.5) is 8.78 Å². The molecule has 58 heavy (non-hydrogen) atoms. The molecule has 300 valence electrons. The summed E-state index contributed by atoms with van der Waals surface area (Å²) in [5.41, 5.74) is -0.388. The van der Waals surface area contributed by atoms with Gasteiger partial charge in [-0.05, 0) is 70.5 Å². The summed E-state index contributed by atoms with van der Waals surface area (Å²) in [6, 6.07) is 36.5. The van der Waals surface area contributed by atoms with E-state index < -0.39 is 32.0 Å². The number of aromatic nitrogens is 4. The van der Waals surface area contributed by atoms with E-state index >= 15 is 0 Å². The van der Waals surface area contributed by atoms with Crippen molar-refractivity contribution in [1.82, 2.24) is 20.0 Å². The largest absolute Gasteiger partial charge is 0.399 e. The molecule has 0 fully saturated rings. The van der Waals surface area contributed by atoms with Crippen molar-refractivity contribution in [3.63, 3.8) is 0 Å². The Bertz CT molecular complexity index is 2670. The van der Waals surface area contributed by atoms with Crippen LogP contribution in [0.3, 0.4) is 0 Å². The van der Waals surface area contributed by atoms with Crippen LogP contribution >= 0.6 is 15.2 Å². The van der Waals surface area contributed by atoms with E-state index in [-0.39, 0.29) is 23.3 Å². The quantitative estimate of drug-likeness (QED) is 0.0780. The number of pyridine rings is 1. The Morgan fingerprint density at radius 2 is 1.36 bits per heavy atom. The molecule has 0 amide bonds. The zero-order chi connectivity index (χ0) is 41.5. The average Bonchev–Trinajstić information content (AvgIpc) is 3.64. The van der Waals surface area contributed by atoms with Crippen LogP contribution in [-0.2, 0) is 37.9 Å². The highest BCUT2D eigenvalue weighted by Crippen LogP contribution is 2.59. The number of methoxy groups -OCH3 is 1. The van der Waals surface area contributed by atoms with Crippen molar-refractivity contribution in [3.8, 4) is 11.1 Å². The lowest BCUT2D eigenvalue weighted by Gasteiger charge is -2.36. The van der Waals surface area contributed by atoms with Gasteiger partial charge in [0.05, 0.1) is 33.7 Å². The Morgan fingerprint density at radius 3 is 1.97 bits per heavy atom. The molecule has 7 rings (SSSR count). The average molecular weight is 827 g/mol. The Hall–Kier alpha value is -4.97. The minimum absolute atomic E-state index is 0.184. The topological polar surface area (TPSA) is 168 Å². The van der Waals surface area contributed by atoms with Crippen LogP contribution in [-0.4, -0.2) is 46.7 Å². The summed E-state index contributed by atoms with van der Waals surface area (Å²) in [4.78, 5) is 44.4. The van der Waals surface area contributed by atoms with E-state index in [0.717, 1.165) is 28.8 Å². The maximum atomic E-state index is 14.7. The molecule has 4 N–H and O–H groups in total. The third kappa shape index (κ3) is 8.17. The number of benzene rings is 5. The molecule has 2 heterocycles. The third-order valence-electron chi connectivity index (χ3n) is 10.4. The molecule has 0 aliphatic carbocycles. The summed E-state index contributed by atoms with van der Waals surface area (Å²) in [5, 5.41) is 9.48. The number of rotatable bonds is 14. The molecule has 0 radical (unpaired) electrons. The number of hydrogen-bond donors (Lipinski definition) is 4. The predicted molar refractivity (Wildman–Crippen MR) is 219 cm³/mol. The highest BCUT2D eigenvalue weighted by molar-refractivity contribution is 7.60. The molecule has 0 spiro atoms. The van der Waals surface area contributed by atoms with E-state index in [0.29, 0.717) is 52.0 Å². The second kappa shape index (κ2) is 16.0. The summed E-state index contributed by atoms with van der Waals surface area (Å²) < 4.78 is 61.4. The van der Waals surface area contributed by atoms with E-state index in [1.54, 1.807) is 13.2 Å². The minimum atomic E-state index is -5.77. The van der Waals surface area contributed by atoms with Crippen LogP contribution in [0.2, 0.25) is 0 Å². The molecule has 0 unspecified atom stereocenters. The summed E-state index contributed by atoms with van der Waals surface area (Å²) in [7, 11) is -8.95. The van der Waals surface area contributed by atoms with Crippen LogP contribution in [0.1, 0.15) is 54.3 Å². The summed E-state index contributed by atoms with van der Waals surface area (Å²) in [6.45, 7) is 4.13. The summed E-state index contributed by atoms with van der Waals surface area (Å²) >= 11 is 0. The van der Waals surface area contributed by atoms with E-state index in [2.05, 4.69) is 29.1 Å². The SMILES string of the molecule is CO[C@@H](CC(C)C)c1ccc2cc(-c3ccc(C[C@@](Cc4ccc(C(F)(F)P(=O)(O)O)cc4)(c4ccccc4)n4nnc5ccccc54)cc3)cc(P(=O)(O)O)c2n1. The van der Waals surface area contributed by atoms with Crippen molar-refractivity contribution in [2.75, 3.05) is 7.11 Å². The van der Waals surface area contributed by atoms with Gasteiger partial charge in [-0.3, -0.25) is 9.13 Å². The minimum Gasteiger partial charge on any atom is -0.375 e. The summed E-state index contributed by atoms with van der Waals surface area (Å²) in [5.74, 6) is 0.313. The predicted octanol–water partition coefficient (Wildman–Crippen LogP) is 8.64. The van der Waals surface area contributed by atoms with Crippen LogP contribution < -0.4 is 5.30 Å². The molecule has 2 atom stereocenters. The second-order valence-corrected chi connectivity index (χ2v) is 18.1. The fourth-order valence-electron chi connectivity index (χ4n) is 7.52. The molecule has 2 aromatic heterocycles. The van der Waals surface area contributed by atoms with Crippen LogP contribution in [0.15, 0.2) is 127 Å². The van der Waals surface area contributed by atoms with Gasteiger partial charge in [0.1, 0.15) is 5.52 Å². The molecule has 11 nitrogen and oxygen atoms in total. The normalized spacial score (nSPS) is 14.2. The standard InChI is InChI=1S/C43H42F2N4O7P2/c1-28(2)23-39(56-3)37-22-19-32-24-33(25-40(41(32)46-37)57(50,51)52)31-17-13-29(14-18-31)26-42(34-9-5-4-6-10-34,49-38-12-8-7-11-36(38)47-48-49)27-30-15-20-35(21-16-30)43(44,45)58(53,54)55/h4-22,24-25,28,39H,23,26-27H2,1-3H3,(H2,50,51,52)(H2,53,54,55)/t39-,42+/m0/s1. The second-order valence-electron chi connectivity index (χ2n) is 14.9. The van der Waals surface area contributed by atoms with E-state index in [4.69, 9.17) is 4.74 Å².